The lowest BCUT2D eigenvalue weighted by Gasteiger charge is -2.29. The Balaban J connectivity index is 1.08. The first kappa shape index (κ1) is 37.2. The summed E-state index contributed by atoms with van der Waals surface area (Å²) in [6.45, 7) is 4.70. The summed E-state index contributed by atoms with van der Waals surface area (Å²) in [6.07, 6.45) is 4.48. The molecule has 4 aromatic rings. The number of carboxylic acid groups (broad SMARTS) is 1. The van der Waals surface area contributed by atoms with Crippen LogP contribution in [0.1, 0.15) is 86.1 Å². The maximum Gasteiger partial charge on any atom is 0.407 e. The smallest absolute Gasteiger partial charge is 0.407 e. The van der Waals surface area contributed by atoms with E-state index in [1.807, 2.05) is 56.3 Å². The van der Waals surface area contributed by atoms with Crippen molar-refractivity contribution in [3.63, 3.8) is 0 Å². The Hall–Kier alpha value is -6.54. The van der Waals surface area contributed by atoms with E-state index in [2.05, 4.69) is 54.3 Å². The highest BCUT2D eigenvalue weighted by Crippen LogP contribution is 2.34. The summed E-state index contributed by atoms with van der Waals surface area (Å²) < 4.78 is 4.78. The van der Waals surface area contributed by atoms with Crippen molar-refractivity contribution >= 4 is 24.0 Å². The van der Waals surface area contributed by atoms with E-state index in [0.717, 1.165) is 36.1 Å². The van der Waals surface area contributed by atoms with Gasteiger partial charge in [0.2, 0.25) is 5.91 Å². The molecular weight excluding hydrogens is 688 g/mol. The lowest BCUT2D eigenvalue weighted by molar-refractivity contribution is -0.135. The van der Waals surface area contributed by atoms with Gasteiger partial charge in [0.05, 0.1) is 37.3 Å². The van der Waals surface area contributed by atoms with Gasteiger partial charge >= 0.3 is 12.2 Å². The van der Waals surface area contributed by atoms with Crippen LogP contribution in [0.5, 0.6) is 0 Å². The van der Waals surface area contributed by atoms with E-state index < -0.39 is 24.3 Å². The maximum absolute atomic E-state index is 13.7. The average Bonchev–Trinajstić information content (AvgIpc) is 4.01. The van der Waals surface area contributed by atoms with Crippen molar-refractivity contribution in [3.05, 3.63) is 95.5 Å². The number of likely N-dealkylation sites (tertiary alicyclic amines) is 2. The van der Waals surface area contributed by atoms with Crippen LogP contribution in [0.4, 0.5) is 9.59 Å². The van der Waals surface area contributed by atoms with Crippen LogP contribution in [0, 0.1) is 29.6 Å². The molecule has 14 nitrogen and oxygen atoms in total. The molecule has 54 heavy (non-hydrogen) atoms. The highest BCUT2D eigenvalue weighted by Gasteiger charge is 2.38. The molecule has 0 spiro atoms. The zero-order chi connectivity index (χ0) is 38.2. The maximum atomic E-state index is 13.7. The van der Waals surface area contributed by atoms with Crippen LogP contribution in [-0.4, -0.2) is 85.1 Å². The molecule has 4 atom stereocenters. The second kappa shape index (κ2) is 16.9. The van der Waals surface area contributed by atoms with Gasteiger partial charge in [-0.2, -0.15) is 0 Å². The van der Waals surface area contributed by atoms with E-state index in [-0.39, 0.29) is 29.8 Å². The Morgan fingerprint density at radius 3 is 2.11 bits per heavy atom. The topological polar surface area (TPSA) is 186 Å². The molecule has 0 bridgehead atoms. The molecule has 14 heteroatoms. The van der Waals surface area contributed by atoms with Crippen LogP contribution in [0.25, 0.3) is 11.3 Å². The molecule has 5 N–H and O–H groups in total. The molecule has 0 saturated carbocycles. The number of amides is 4. The number of carbonyl (C=O) groups is 4. The quantitative estimate of drug-likeness (QED) is 0.150. The summed E-state index contributed by atoms with van der Waals surface area (Å²) in [5, 5.41) is 14.3. The van der Waals surface area contributed by atoms with Crippen molar-refractivity contribution in [1.82, 2.24) is 40.4 Å². The zero-order valence-electron chi connectivity index (χ0n) is 30.3. The Labute approximate surface area is 313 Å². The van der Waals surface area contributed by atoms with E-state index in [1.54, 1.807) is 34.3 Å². The summed E-state index contributed by atoms with van der Waals surface area (Å²) in [4.78, 5) is 69.6. The van der Waals surface area contributed by atoms with Gasteiger partial charge in [-0.1, -0.05) is 62.2 Å². The standard InChI is InChI=1S/C40H42N8O6/c1-25(2)33(45-39(51)52)37(49)47-21-10-16-32(47)36-42-24-30(44-36)27-19-17-26(18-20-27)11-7-8-14-29-23-41-35(43-29)31-15-9-22-48(31)38(50)34(46-40(53)54-3)28-12-5-4-6-13-28/h4-6,12-13,17-20,23-25,31-34,45H,9-10,15-16,21-22H2,1-3H3,(H,41,43)(H,42,44)(H,46,53)(H,51,52)/t31-,32-,33-,34+/m0/s1. The molecule has 2 fully saturated rings. The van der Waals surface area contributed by atoms with E-state index in [1.165, 1.54) is 7.11 Å². The molecule has 4 amide bonds. The largest absolute Gasteiger partial charge is 0.465 e. The number of hydrogen-bond acceptors (Lipinski definition) is 7. The third kappa shape index (κ3) is 8.56. The third-order valence-corrected chi connectivity index (χ3v) is 9.60. The highest BCUT2D eigenvalue weighted by atomic mass is 16.5. The number of imidazole rings is 2. The number of hydrogen-bond donors (Lipinski definition) is 5. The Kier molecular flexibility index (Phi) is 11.6. The number of ether oxygens (including phenoxy) is 1. The van der Waals surface area contributed by atoms with Gasteiger partial charge in [0.15, 0.2) is 0 Å². The fourth-order valence-electron chi connectivity index (χ4n) is 6.89. The summed E-state index contributed by atoms with van der Waals surface area (Å²) in [5.41, 5.74) is 3.68. The Morgan fingerprint density at radius 1 is 0.833 bits per heavy atom. The van der Waals surface area contributed by atoms with E-state index in [0.29, 0.717) is 42.4 Å². The number of aromatic amines is 2. The van der Waals surface area contributed by atoms with Crippen molar-refractivity contribution in [1.29, 1.82) is 0 Å². The van der Waals surface area contributed by atoms with Gasteiger partial charge in [-0.15, -0.1) is 0 Å². The molecule has 6 rings (SSSR count). The predicted molar refractivity (Wildman–Crippen MR) is 198 cm³/mol. The molecule has 0 aliphatic carbocycles. The summed E-state index contributed by atoms with van der Waals surface area (Å²) in [7, 11) is 1.26. The minimum Gasteiger partial charge on any atom is -0.465 e. The lowest BCUT2D eigenvalue weighted by atomic mass is 10.0. The number of nitrogens with one attached hydrogen (secondary N) is 4. The minimum atomic E-state index is -1.22. The van der Waals surface area contributed by atoms with Crippen molar-refractivity contribution < 1.29 is 29.0 Å². The first-order valence-corrected chi connectivity index (χ1v) is 17.8. The third-order valence-electron chi connectivity index (χ3n) is 9.60. The molecule has 2 aliphatic heterocycles. The summed E-state index contributed by atoms with van der Waals surface area (Å²) in [5.74, 6) is 12.4. The van der Waals surface area contributed by atoms with Crippen LogP contribution in [0.3, 0.4) is 0 Å². The molecule has 278 valence electrons. The van der Waals surface area contributed by atoms with E-state index >= 15 is 0 Å². The fraction of sp³-hybridized carbons (Fsp3) is 0.350. The molecule has 0 unspecified atom stereocenters. The number of alkyl carbamates (subject to hydrolysis) is 1. The summed E-state index contributed by atoms with van der Waals surface area (Å²) in [6, 6.07) is 14.4. The number of aromatic nitrogens is 4. The average molecular weight is 731 g/mol. The first-order chi connectivity index (χ1) is 26.1. The van der Waals surface area contributed by atoms with Crippen LogP contribution >= 0.6 is 0 Å². The van der Waals surface area contributed by atoms with Gasteiger partial charge in [-0.05, 0) is 72.6 Å². The van der Waals surface area contributed by atoms with Crippen molar-refractivity contribution in [2.24, 2.45) is 5.92 Å². The first-order valence-electron chi connectivity index (χ1n) is 17.8. The Bertz CT molecular complexity index is 2100. The zero-order valence-corrected chi connectivity index (χ0v) is 30.3. The Morgan fingerprint density at radius 2 is 1.46 bits per heavy atom. The predicted octanol–water partition coefficient (Wildman–Crippen LogP) is 4.92. The second-order valence-electron chi connectivity index (χ2n) is 13.5. The van der Waals surface area contributed by atoms with Crippen LogP contribution in [-0.2, 0) is 14.3 Å². The van der Waals surface area contributed by atoms with Crippen LogP contribution < -0.4 is 10.6 Å². The van der Waals surface area contributed by atoms with E-state index in [4.69, 9.17) is 4.74 Å². The molecule has 0 radical (unpaired) electrons. The van der Waals surface area contributed by atoms with Crippen LogP contribution in [0.15, 0.2) is 67.0 Å². The van der Waals surface area contributed by atoms with Crippen LogP contribution in [0.2, 0.25) is 0 Å². The fourth-order valence-corrected chi connectivity index (χ4v) is 6.89. The van der Waals surface area contributed by atoms with Gasteiger partial charge < -0.3 is 40.2 Å². The van der Waals surface area contributed by atoms with Gasteiger partial charge in [0, 0.05) is 18.7 Å². The SMILES string of the molecule is COC(=O)N[C@@H](C(=O)N1CCC[C@H]1c1ncc(C#CC#Cc2ccc(-c3cnc([C@@H]4CCCN4C(=O)[C@@H](NC(=O)O)C(C)C)[nH]3)cc2)[nH]1)c1ccccc1. The normalized spacial score (nSPS) is 17.5. The highest BCUT2D eigenvalue weighted by molar-refractivity contribution is 5.87. The number of nitrogens with zero attached hydrogens (tertiary/aromatic N) is 4. The molecule has 4 heterocycles. The number of H-pyrrole nitrogens is 2. The number of rotatable bonds is 9. The number of methoxy groups -OCH3 is 1. The molecule has 2 aromatic carbocycles. The lowest BCUT2D eigenvalue weighted by Crippen LogP contribution is -2.50. The molecule has 2 saturated heterocycles. The summed E-state index contributed by atoms with van der Waals surface area (Å²) >= 11 is 0. The van der Waals surface area contributed by atoms with Gasteiger partial charge in [-0.25, -0.2) is 19.6 Å². The molecule has 2 aliphatic rings. The van der Waals surface area contributed by atoms with Gasteiger partial charge in [0.1, 0.15) is 29.4 Å². The van der Waals surface area contributed by atoms with Crippen molar-refractivity contribution in [2.45, 2.75) is 63.7 Å². The number of carbonyl (C=O) groups excluding carboxylic acids is 3. The molecular formula is C40H42N8O6. The van der Waals surface area contributed by atoms with Gasteiger partial charge in [-0.3, -0.25) is 9.59 Å². The number of benzene rings is 2. The van der Waals surface area contributed by atoms with Gasteiger partial charge in [0.25, 0.3) is 5.91 Å². The second-order valence-corrected chi connectivity index (χ2v) is 13.5. The monoisotopic (exact) mass is 730 g/mol. The van der Waals surface area contributed by atoms with E-state index in [9.17, 15) is 24.3 Å². The van der Waals surface area contributed by atoms with Crippen molar-refractivity contribution in [2.75, 3.05) is 20.2 Å². The minimum absolute atomic E-state index is 0.196. The van der Waals surface area contributed by atoms with Crippen molar-refractivity contribution in [3.8, 4) is 34.9 Å². The molecule has 2 aromatic heterocycles.